The van der Waals surface area contributed by atoms with Gasteiger partial charge in [-0.1, -0.05) is 19.3 Å². The maximum atomic E-state index is 10.00. The zero-order chi connectivity index (χ0) is 9.03. The second-order valence-electron chi connectivity index (χ2n) is 4.07. The fourth-order valence-corrected chi connectivity index (χ4v) is 2.08. The van der Waals surface area contributed by atoms with Crippen LogP contribution in [-0.4, -0.2) is 10.7 Å². The van der Waals surface area contributed by atoms with Gasteiger partial charge in [-0.15, -0.1) is 12.3 Å². The van der Waals surface area contributed by atoms with Gasteiger partial charge in [0.05, 0.1) is 5.60 Å². The molecule has 1 heteroatoms. The molecule has 1 atom stereocenters. The molecule has 12 heavy (non-hydrogen) atoms. The number of hydrogen-bond donors (Lipinski definition) is 1. The van der Waals surface area contributed by atoms with Gasteiger partial charge in [0.2, 0.25) is 0 Å². The molecule has 0 aromatic carbocycles. The Balaban J connectivity index is 2.48. The molecule has 1 aliphatic carbocycles. The lowest BCUT2D eigenvalue weighted by Crippen LogP contribution is -2.35. The SMILES string of the molecule is C#CC[C@](C)(O)C1CCCCC1. The normalized spacial score (nSPS) is 24.4. The van der Waals surface area contributed by atoms with Crippen molar-refractivity contribution in [3.63, 3.8) is 0 Å². The van der Waals surface area contributed by atoms with E-state index in [1.807, 2.05) is 6.92 Å². The molecule has 0 aromatic rings. The van der Waals surface area contributed by atoms with Gasteiger partial charge in [-0.05, 0) is 25.7 Å². The summed E-state index contributed by atoms with van der Waals surface area (Å²) in [6.07, 6.45) is 11.8. The van der Waals surface area contributed by atoms with Gasteiger partial charge in [-0.3, -0.25) is 0 Å². The third-order valence-electron chi connectivity index (χ3n) is 2.94. The van der Waals surface area contributed by atoms with Gasteiger partial charge in [0, 0.05) is 6.42 Å². The highest BCUT2D eigenvalue weighted by Gasteiger charge is 2.31. The molecule has 68 valence electrons. The van der Waals surface area contributed by atoms with Crippen molar-refractivity contribution in [1.82, 2.24) is 0 Å². The largest absolute Gasteiger partial charge is 0.389 e. The molecule has 0 spiro atoms. The average Bonchev–Trinajstić information content (AvgIpc) is 2.06. The van der Waals surface area contributed by atoms with E-state index in [4.69, 9.17) is 6.42 Å². The van der Waals surface area contributed by atoms with Gasteiger partial charge < -0.3 is 5.11 Å². The number of aliphatic hydroxyl groups is 1. The molecule has 0 heterocycles. The Morgan fingerprint density at radius 1 is 1.42 bits per heavy atom. The predicted molar refractivity (Wildman–Crippen MR) is 50.6 cm³/mol. The van der Waals surface area contributed by atoms with E-state index in [9.17, 15) is 5.11 Å². The monoisotopic (exact) mass is 166 g/mol. The first-order valence-corrected chi connectivity index (χ1v) is 4.82. The molecule has 1 rings (SSSR count). The summed E-state index contributed by atoms with van der Waals surface area (Å²) in [5.74, 6) is 2.99. The van der Waals surface area contributed by atoms with E-state index in [2.05, 4.69) is 5.92 Å². The molecule has 0 aliphatic heterocycles. The zero-order valence-corrected chi connectivity index (χ0v) is 7.84. The minimum absolute atomic E-state index is 0.433. The Hall–Kier alpha value is -0.480. The van der Waals surface area contributed by atoms with E-state index >= 15 is 0 Å². The Labute approximate surface area is 75.2 Å². The lowest BCUT2D eigenvalue weighted by atomic mass is 9.76. The first-order valence-electron chi connectivity index (χ1n) is 4.82. The summed E-state index contributed by atoms with van der Waals surface area (Å²) in [7, 11) is 0. The molecular formula is C11H18O. The second kappa shape index (κ2) is 3.96. The van der Waals surface area contributed by atoms with Crippen molar-refractivity contribution in [3.05, 3.63) is 0 Å². The van der Waals surface area contributed by atoms with E-state index in [0.29, 0.717) is 12.3 Å². The predicted octanol–water partition coefficient (Wildman–Crippen LogP) is 2.34. The van der Waals surface area contributed by atoms with Crippen LogP contribution in [0.3, 0.4) is 0 Å². The molecule has 0 unspecified atom stereocenters. The molecule has 0 bridgehead atoms. The Kier molecular flexibility index (Phi) is 3.17. The van der Waals surface area contributed by atoms with Crippen molar-refractivity contribution in [2.45, 2.75) is 51.0 Å². The zero-order valence-electron chi connectivity index (χ0n) is 7.84. The molecule has 0 aromatic heterocycles. The van der Waals surface area contributed by atoms with Crippen LogP contribution in [0.15, 0.2) is 0 Å². The first-order chi connectivity index (χ1) is 5.67. The Bertz CT molecular complexity index is 170. The Morgan fingerprint density at radius 3 is 2.50 bits per heavy atom. The molecule has 0 radical (unpaired) electrons. The van der Waals surface area contributed by atoms with E-state index in [-0.39, 0.29) is 0 Å². The van der Waals surface area contributed by atoms with Crippen LogP contribution in [0.2, 0.25) is 0 Å². The highest BCUT2D eigenvalue weighted by Crippen LogP contribution is 2.34. The molecular weight excluding hydrogens is 148 g/mol. The summed E-state index contributed by atoms with van der Waals surface area (Å²) < 4.78 is 0. The molecule has 1 N–H and O–H groups in total. The van der Waals surface area contributed by atoms with Gasteiger partial charge in [-0.2, -0.15) is 0 Å². The van der Waals surface area contributed by atoms with Crippen molar-refractivity contribution in [1.29, 1.82) is 0 Å². The van der Waals surface area contributed by atoms with Crippen LogP contribution in [0.25, 0.3) is 0 Å². The van der Waals surface area contributed by atoms with Gasteiger partial charge in [-0.25, -0.2) is 0 Å². The van der Waals surface area contributed by atoms with E-state index in [1.165, 1.54) is 19.3 Å². The standard InChI is InChI=1S/C11H18O/c1-3-9-11(2,12)10-7-5-4-6-8-10/h1,10,12H,4-9H2,2H3/t11-/m0/s1. The summed E-state index contributed by atoms with van der Waals surface area (Å²) >= 11 is 0. The molecule has 1 aliphatic rings. The van der Waals surface area contributed by atoms with Crippen molar-refractivity contribution < 1.29 is 5.11 Å². The lowest BCUT2D eigenvalue weighted by Gasteiger charge is -2.34. The van der Waals surface area contributed by atoms with Crippen molar-refractivity contribution in [2.75, 3.05) is 0 Å². The highest BCUT2D eigenvalue weighted by atomic mass is 16.3. The van der Waals surface area contributed by atoms with Gasteiger partial charge >= 0.3 is 0 Å². The number of terminal acetylenes is 1. The van der Waals surface area contributed by atoms with Crippen LogP contribution in [0, 0.1) is 18.3 Å². The fourth-order valence-electron chi connectivity index (χ4n) is 2.08. The Morgan fingerprint density at radius 2 is 2.00 bits per heavy atom. The summed E-state index contributed by atoms with van der Waals surface area (Å²) in [5, 5.41) is 10.00. The quantitative estimate of drug-likeness (QED) is 0.624. The van der Waals surface area contributed by atoms with Crippen LogP contribution in [0.1, 0.15) is 45.4 Å². The molecule has 1 nitrogen and oxygen atoms in total. The molecule has 1 fully saturated rings. The van der Waals surface area contributed by atoms with Gasteiger partial charge in [0.1, 0.15) is 0 Å². The smallest absolute Gasteiger partial charge is 0.0756 e. The minimum atomic E-state index is -0.616. The summed E-state index contributed by atoms with van der Waals surface area (Å²) in [6, 6.07) is 0. The third-order valence-corrected chi connectivity index (χ3v) is 2.94. The summed E-state index contributed by atoms with van der Waals surface area (Å²) in [6.45, 7) is 1.88. The van der Waals surface area contributed by atoms with Crippen molar-refractivity contribution in [2.24, 2.45) is 5.92 Å². The highest BCUT2D eigenvalue weighted by molar-refractivity contribution is 4.96. The van der Waals surface area contributed by atoms with E-state index < -0.39 is 5.60 Å². The maximum Gasteiger partial charge on any atom is 0.0756 e. The average molecular weight is 166 g/mol. The third kappa shape index (κ3) is 2.25. The van der Waals surface area contributed by atoms with Crippen LogP contribution in [-0.2, 0) is 0 Å². The topological polar surface area (TPSA) is 20.2 Å². The van der Waals surface area contributed by atoms with Crippen LogP contribution in [0.5, 0.6) is 0 Å². The fraction of sp³-hybridized carbons (Fsp3) is 0.818. The lowest BCUT2D eigenvalue weighted by molar-refractivity contribution is -0.0118. The molecule has 0 saturated heterocycles. The summed E-state index contributed by atoms with van der Waals surface area (Å²) in [4.78, 5) is 0. The van der Waals surface area contributed by atoms with Gasteiger partial charge in [0.15, 0.2) is 0 Å². The number of rotatable bonds is 2. The maximum absolute atomic E-state index is 10.00. The van der Waals surface area contributed by atoms with Crippen LogP contribution in [0.4, 0.5) is 0 Å². The van der Waals surface area contributed by atoms with Crippen molar-refractivity contribution >= 4 is 0 Å². The van der Waals surface area contributed by atoms with Crippen molar-refractivity contribution in [3.8, 4) is 12.3 Å². The van der Waals surface area contributed by atoms with Gasteiger partial charge in [0.25, 0.3) is 0 Å². The first kappa shape index (κ1) is 9.61. The van der Waals surface area contributed by atoms with Crippen LogP contribution >= 0.6 is 0 Å². The molecule has 1 saturated carbocycles. The molecule has 0 amide bonds. The second-order valence-corrected chi connectivity index (χ2v) is 4.07. The summed E-state index contributed by atoms with van der Waals surface area (Å²) in [5.41, 5.74) is -0.616. The number of hydrogen-bond acceptors (Lipinski definition) is 1. The van der Waals surface area contributed by atoms with E-state index in [0.717, 1.165) is 12.8 Å². The minimum Gasteiger partial charge on any atom is -0.389 e. The van der Waals surface area contributed by atoms with E-state index in [1.54, 1.807) is 0 Å². The van der Waals surface area contributed by atoms with Crippen LogP contribution < -0.4 is 0 Å².